The number of pyridine rings is 1. The number of hydrogen-bond acceptors (Lipinski definition) is 2. The van der Waals surface area contributed by atoms with Crippen molar-refractivity contribution in [3.05, 3.63) is 95.8 Å². The molecule has 2 aromatic carbocycles. The highest BCUT2D eigenvalue weighted by Gasteiger charge is 2.17. The lowest BCUT2D eigenvalue weighted by Gasteiger charge is -2.18. The molecule has 1 heterocycles. The summed E-state index contributed by atoms with van der Waals surface area (Å²) in [7, 11) is 1.68. The minimum Gasteiger partial charge on any atom is -0.497 e. The van der Waals surface area contributed by atoms with Crippen molar-refractivity contribution >= 4 is 0 Å². The molecule has 1 atom stereocenters. The minimum absolute atomic E-state index is 0.137. The number of nitrogens with zero attached hydrogens (tertiary/aromatic N) is 1. The zero-order chi connectivity index (χ0) is 14.5. The molecule has 0 radical (unpaired) electrons. The standard InChI is InChI=1S/C19H17NO/c1-21-17-12-10-16(11-13-17)19(15-7-3-2-4-8-15)18-9-5-6-14-20-18/h2-14,19H,1H3. The molecule has 104 valence electrons. The smallest absolute Gasteiger partial charge is 0.118 e. The largest absolute Gasteiger partial charge is 0.497 e. The van der Waals surface area contributed by atoms with Crippen molar-refractivity contribution in [2.45, 2.75) is 5.92 Å². The van der Waals surface area contributed by atoms with Crippen molar-refractivity contribution < 1.29 is 4.74 Å². The molecule has 0 saturated carbocycles. The van der Waals surface area contributed by atoms with E-state index in [-0.39, 0.29) is 5.92 Å². The first-order chi connectivity index (χ1) is 10.4. The Morgan fingerprint density at radius 1 is 0.762 bits per heavy atom. The highest BCUT2D eigenvalue weighted by Crippen LogP contribution is 2.31. The second-order valence-electron chi connectivity index (χ2n) is 4.87. The van der Waals surface area contributed by atoms with Crippen LogP contribution in [0.5, 0.6) is 5.75 Å². The summed E-state index contributed by atoms with van der Waals surface area (Å²) in [6.07, 6.45) is 1.84. The molecule has 2 nitrogen and oxygen atoms in total. The molecule has 2 heteroatoms. The Hall–Kier alpha value is -2.61. The molecule has 1 aromatic heterocycles. The number of hydrogen-bond donors (Lipinski definition) is 0. The van der Waals surface area contributed by atoms with Crippen LogP contribution in [-0.4, -0.2) is 12.1 Å². The molecular formula is C19H17NO. The Morgan fingerprint density at radius 3 is 2.05 bits per heavy atom. The molecular weight excluding hydrogens is 258 g/mol. The van der Waals surface area contributed by atoms with E-state index in [1.165, 1.54) is 11.1 Å². The fourth-order valence-electron chi connectivity index (χ4n) is 2.52. The van der Waals surface area contributed by atoms with Crippen LogP contribution in [0, 0.1) is 0 Å². The van der Waals surface area contributed by atoms with Gasteiger partial charge in [-0.3, -0.25) is 4.98 Å². The molecule has 0 fully saturated rings. The Balaban J connectivity index is 2.07. The van der Waals surface area contributed by atoms with Crippen molar-refractivity contribution in [1.29, 1.82) is 0 Å². The Kier molecular flexibility index (Phi) is 3.97. The van der Waals surface area contributed by atoms with E-state index in [9.17, 15) is 0 Å². The van der Waals surface area contributed by atoms with Crippen molar-refractivity contribution in [2.75, 3.05) is 7.11 Å². The normalized spacial score (nSPS) is 11.9. The van der Waals surface area contributed by atoms with Gasteiger partial charge in [-0.05, 0) is 35.4 Å². The molecule has 3 aromatic rings. The number of aromatic nitrogens is 1. The van der Waals surface area contributed by atoms with Crippen LogP contribution in [0.1, 0.15) is 22.7 Å². The van der Waals surface area contributed by atoms with Gasteiger partial charge in [-0.1, -0.05) is 48.5 Å². The van der Waals surface area contributed by atoms with Gasteiger partial charge < -0.3 is 4.74 Å². The molecule has 21 heavy (non-hydrogen) atoms. The maximum Gasteiger partial charge on any atom is 0.118 e. The zero-order valence-electron chi connectivity index (χ0n) is 11.9. The summed E-state index contributed by atoms with van der Waals surface area (Å²) in [5.74, 6) is 1.00. The molecule has 0 aliphatic heterocycles. The quantitative estimate of drug-likeness (QED) is 0.709. The number of benzene rings is 2. The third-order valence-corrected chi connectivity index (χ3v) is 3.57. The van der Waals surface area contributed by atoms with E-state index in [1.807, 2.05) is 36.5 Å². The first kappa shape index (κ1) is 13.4. The van der Waals surface area contributed by atoms with Gasteiger partial charge in [0, 0.05) is 6.20 Å². The SMILES string of the molecule is COc1ccc(C(c2ccccc2)c2ccccn2)cc1. The molecule has 0 N–H and O–H groups in total. The Labute approximate surface area is 125 Å². The summed E-state index contributed by atoms with van der Waals surface area (Å²) in [6, 6.07) is 24.7. The second-order valence-corrected chi connectivity index (χ2v) is 4.87. The maximum atomic E-state index is 5.24. The van der Waals surface area contributed by atoms with Gasteiger partial charge in [0.05, 0.1) is 18.7 Å². The van der Waals surface area contributed by atoms with Gasteiger partial charge in [0.15, 0.2) is 0 Å². The monoisotopic (exact) mass is 275 g/mol. The predicted octanol–water partition coefficient (Wildman–Crippen LogP) is 4.27. The Morgan fingerprint density at radius 2 is 1.43 bits per heavy atom. The van der Waals surface area contributed by atoms with Crippen molar-refractivity contribution in [3.8, 4) is 5.75 Å². The first-order valence-electron chi connectivity index (χ1n) is 6.98. The third kappa shape index (κ3) is 2.95. The van der Waals surface area contributed by atoms with Crippen LogP contribution in [0.15, 0.2) is 79.0 Å². The number of rotatable bonds is 4. The van der Waals surface area contributed by atoms with Crippen LogP contribution in [0.3, 0.4) is 0 Å². The number of ether oxygens (including phenoxy) is 1. The van der Waals surface area contributed by atoms with E-state index >= 15 is 0 Å². The topological polar surface area (TPSA) is 22.1 Å². The molecule has 0 aliphatic rings. The predicted molar refractivity (Wildman–Crippen MR) is 84.6 cm³/mol. The molecule has 0 bridgehead atoms. The molecule has 0 amide bonds. The van der Waals surface area contributed by atoms with Crippen LogP contribution in [0.25, 0.3) is 0 Å². The van der Waals surface area contributed by atoms with Gasteiger partial charge in [-0.25, -0.2) is 0 Å². The third-order valence-electron chi connectivity index (χ3n) is 3.57. The average Bonchev–Trinajstić information content (AvgIpc) is 2.58. The highest BCUT2D eigenvalue weighted by atomic mass is 16.5. The van der Waals surface area contributed by atoms with E-state index in [2.05, 4.69) is 47.4 Å². The van der Waals surface area contributed by atoms with Crippen molar-refractivity contribution in [2.24, 2.45) is 0 Å². The number of methoxy groups -OCH3 is 1. The molecule has 1 unspecified atom stereocenters. The van der Waals surface area contributed by atoms with Gasteiger partial charge in [0.2, 0.25) is 0 Å². The van der Waals surface area contributed by atoms with E-state index in [0.29, 0.717) is 0 Å². The van der Waals surface area contributed by atoms with Crippen LogP contribution >= 0.6 is 0 Å². The van der Waals surface area contributed by atoms with Crippen molar-refractivity contribution in [1.82, 2.24) is 4.98 Å². The summed E-state index contributed by atoms with van der Waals surface area (Å²) in [5, 5.41) is 0. The van der Waals surface area contributed by atoms with E-state index in [4.69, 9.17) is 4.74 Å². The van der Waals surface area contributed by atoms with Gasteiger partial charge >= 0.3 is 0 Å². The van der Waals surface area contributed by atoms with Crippen LogP contribution in [0.2, 0.25) is 0 Å². The summed E-state index contributed by atoms with van der Waals surface area (Å²) in [6.45, 7) is 0. The van der Waals surface area contributed by atoms with Crippen LogP contribution in [-0.2, 0) is 0 Å². The van der Waals surface area contributed by atoms with Crippen LogP contribution < -0.4 is 4.74 Å². The van der Waals surface area contributed by atoms with Crippen LogP contribution in [0.4, 0.5) is 0 Å². The van der Waals surface area contributed by atoms with Gasteiger partial charge in [0.1, 0.15) is 5.75 Å². The first-order valence-corrected chi connectivity index (χ1v) is 6.98. The molecule has 0 spiro atoms. The lowest BCUT2D eigenvalue weighted by Crippen LogP contribution is -2.05. The van der Waals surface area contributed by atoms with Gasteiger partial charge in [-0.2, -0.15) is 0 Å². The fourth-order valence-corrected chi connectivity index (χ4v) is 2.52. The average molecular weight is 275 g/mol. The minimum atomic E-state index is 0.137. The van der Waals surface area contributed by atoms with E-state index < -0.39 is 0 Å². The fraction of sp³-hybridized carbons (Fsp3) is 0.105. The summed E-state index contributed by atoms with van der Waals surface area (Å²) >= 11 is 0. The Bertz CT molecular complexity index is 638. The lowest BCUT2D eigenvalue weighted by molar-refractivity contribution is 0.414. The second kappa shape index (κ2) is 6.23. The summed E-state index contributed by atoms with van der Waals surface area (Å²) < 4.78 is 5.24. The maximum absolute atomic E-state index is 5.24. The summed E-state index contributed by atoms with van der Waals surface area (Å²) in [4.78, 5) is 4.54. The van der Waals surface area contributed by atoms with Crippen molar-refractivity contribution in [3.63, 3.8) is 0 Å². The van der Waals surface area contributed by atoms with E-state index in [0.717, 1.165) is 11.4 Å². The van der Waals surface area contributed by atoms with E-state index in [1.54, 1.807) is 7.11 Å². The molecule has 0 saturated heterocycles. The summed E-state index contributed by atoms with van der Waals surface area (Å²) in [5.41, 5.74) is 3.50. The lowest BCUT2D eigenvalue weighted by atomic mass is 9.88. The molecule has 0 aliphatic carbocycles. The van der Waals surface area contributed by atoms with Gasteiger partial charge in [0.25, 0.3) is 0 Å². The zero-order valence-corrected chi connectivity index (χ0v) is 11.9. The van der Waals surface area contributed by atoms with Gasteiger partial charge in [-0.15, -0.1) is 0 Å². The highest BCUT2D eigenvalue weighted by molar-refractivity contribution is 5.42. The molecule has 3 rings (SSSR count).